The molecule has 0 radical (unpaired) electrons. The summed E-state index contributed by atoms with van der Waals surface area (Å²) in [6, 6.07) is 15.3. The van der Waals surface area contributed by atoms with Gasteiger partial charge in [-0.1, -0.05) is 24.3 Å². The first kappa shape index (κ1) is 15.2. The number of aromatic hydroxyl groups is 1. The van der Waals surface area contributed by atoms with E-state index in [0.717, 1.165) is 43.2 Å². The Labute approximate surface area is 136 Å². The minimum Gasteiger partial charge on any atom is -0.507 e. The quantitative estimate of drug-likeness (QED) is 0.882. The maximum atomic E-state index is 9.76. The van der Waals surface area contributed by atoms with Crippen molar-refractivity contribution < 1.29 is 9.84 Å². The molecule has 1 aliphatic heterocycles. The van der Waals surface area contributed by atoms with Gasteiger partial charge in [-0.05, 0) is 24.3 Å². The summed E-state index contributed by atoms with van der Waals surface area (Å²) in [5.74, 6) is 1.16. The number of hydrogen-bond donors (Lipinski definition) is 1. The molecule has 5 heteroatoms. The average Bonchev–Trinajstić information content (AvgIpc) is 2.61. The van der Waals surface area contributed by atoms with Crippen LogP contribution in [0, 0.1) is 0 Å². The van der Waals surface area contributed by atoms with E-state index in [1.165, 1.54) is 0 Å². The fourth-order valence-corrected chi connectivity index (χ4v) is 2.68. The molecule has 1 N–H and O–H groups in total. The number of piperazine rings is 1. The third-order valence-corrected chi connectivity index (χ3v) is 3.98. The molecule has 0 aromatic heterocycles. The molecule has 0 amide bonds. The largest absolute Gasteiger partial charge is 0.507 e. The highest BCUT2D eigenvalue weighted by atomic mass is 16.5. The van der Waals surface area contributed by atoms with E-state index in [1.54, 1.807) is 25.5 Å². The molecular weight excluding hydrogens is 290 g/mol. The summed E-state index contributed by atoms with van der Waals surface area (Å²) < 4.78 is 5.43. The Bertz CT molecular complexity index is 679. The number of methoxy groups -OCH3 is 1. The smallest absolute Gasteiger partial charge is 0.142 e. The molecule has 3 rings (SSSR count). The van der Waals surface area contributed by atoms with Gasteiger partial charge in [-0.15, -0.1) is 0 Å². The molecular formula is C18H21N3O2. The van der Waals surface area contributed by atoms with Crippen molar-refractivity contribution in [1.82, 2.24) is 5.01 Å². The zero-order chi connectivity index (χ0) is 16.1. The Morgan fingerprint density at radius 1 is 1.00 bits per heavy atom. The monoisotopic (exact) mass is 311 g/mol. The zero-order valence-corrected chi connectivity index (χ0v) is 13.2. The number of ether oxygens (including phenoxy) is 1. The Hall–Kier alpha value is -2.69. The molecule has 0 aliphatic carbocycles. The van der Waals surface area contributed by atoms with Crippen LogP contribution in [0.25, 0.3) is 0 Å². The number of phenols is 1. The number of anilines is 1. The third kappa shape index (κ3) is 3.56. The van der Waals surface area contributed by atoms with Gasteiger partial charge in [0.1, 0.15) is 11.5 Å². The number of hydrazone groups is 1. The highest BCUT2D eigenvalue weighted by Gasteiger charge is 2.18. The number of nitrogens with zero attached hydrogens (tertiary/aromatic N) is 3. The van der Waals surface area contributed by atoms with Crippen molar-refractivity contribution in [2.24, 2.45) is 5.10 Å². The second-order valence-electron chi connectivity index (χ2n) is 5.42. The van der Waals surface area contributed by atoms with Gasteiger partial charge in [0.25, 0.3) is 0 Å². The number of benzene rings is 2. The van der Waals surface area contributed by atoms with E-state index in [2.05, 4.69) is 16.1 Å². The van der Waals surface area contributed by atoms with E-state index in [-0.39, 0.29) is 5.75 Å². The van der Waals surface area contributed by atoms with E-state index in [9.17, 15) is 5.11 Å². The molecule has 2 aromatic rings. The summed E-state index contributed by atoms with van der Waals surface area (Å²) in [4.78, 5) is 2.31. The Morgan fingerprint density at radius 2 is 1.70 bits per heavy atom. The van der Waals surface area contributed by atoms with E-state index in [4.69, 9.17) is 4.74 Å². The summed E-state index contributed by atoms with van der Waals surface area (Å²) in [6.07, 6.45) is 1.72. The average molecular weight is 311 g/mol. The molecule has 0 atom stereocenters. The van der Waals surface area contributed by atoms with Gasteiger partial charge in [-0.25, -0.2) is 0 Å². The summed E-state index contributed by atoms with van der Waals surface area (Å²) in [6.45, 7) is 3.45. The van der Waals surface area contributed by atoms with E-state index in [1.807, 2.05) is 35.3 Å². The van der Waals surface area contributed by atoms with Gasteiger partial charge in [-0.3, -0.25) is 5.01 Å². The van der Waals surface area contributed by atoms with Crippen LogP contribution in [-0.4, -0.2) is 49.6 Å². The Kier molecular flexibility index (Phi) is 4.66. The van der Waals surface area contributed by atoms with Gasteiger partial charge in [-0.2, -0.15) is 5.10 Å². The van der Waals surface area contributed by atoms with Gasteiger partial charge in [0.05, 0.1) is 32.1 Å². The van der Waals surface area contributed by atoms with Crippen molar-refractivity contribution in [2.75, 3.05) is 38.2 Å². The Balaban J connectivity index is 1.61. The molecule has 1 aliphatic rings. The normalized spacial score (nSPS) is 15.2. The van der Waals surface area contributed by atoms with E-state index in [0.29, 0.717) is 0 Å². The minimum absolute atomic E-state index is 0.254. The molecule has 0 spiro atoms. The maximum Gasteiger partial charge on any atom is 0.142 e. The Morgan fingerprint density at radius 3 is 2.43 bits per heavy atom. The predicted molar refractivity (Wildman–Crippen MR) is 92.5 cm³/mol. The van der Waals surface area contributed by atoms with Crippen molar-refractivity contribution in [2.45, 2.75) is 0 Å². The highest BCUT2D eigenvalue weighted by Crippen LogP contribution is 2.28. The van der Waals surface area contributed by atoms with Crippen molar-refractivity contribution in [3.63, 3.8) is 0 Å². The van der Waals surface area contributed by atoms with Gasteiger partial charge in [0.2, 0.25) is 0 Å². The van der Waals surface area contributed by atoms with Crippen LogP contribution >= 0.6 is 0 Å². The van der Waals surface area contributed by atoms with Crippen LogP contribution in [0.5, 0.6) is 11.5 Å². The molecule has 0 bridgehead atoms. The molecule has 2 aromatic carbocycles. The summed E-state index contributed by atoms with van der Waals surface area (Å²) in [7, 11) is 1.70. The van der Waals surface area contributed by atoms with Crippen LogP contribution in [0.4, 0.5) is 5.69 Å². The second-order valence-corrected chi connectivity index (χ2v) is 5.42. The lowest BCUT2D eigenvalue weighted by atomic mass is 10.2. The van der Waals surface area contributed by atoms with Gasteiger partial charge >= 0.3 is 0 Å². The van der Waals surface area contributed by atoms with Crippen LogP contribution in [0.3, 0.4) is 0 Å². The summed E-state index contributed by atoms with van der Waals surface area (Å²) in [5.41, 5.74) is 1.86. The first-order valence-electron chi connectivity index (χ1n) is 7.73. The molecule has 5 nitrogen and oxygen atoms in total. The van der Waals surface area contributed by atoms with Crippen LogP contribution in [0.2, 0.25) is 0 Å². The van der Waals surface area contributed by atoms with Crippen LogP contribution < -0.4 is 9.64 Å². The van der Waals surface area contributed by atoms with Gasteiger partial charge in [0, 0.05) is 18.7 Å². The minimum atomic E-state index is 0.254. The standard InChI is InChI=1S/C18H21N3O2/c1-23-18-9-5-3-7-16(18)20-10-12-21(13-11-20)19-14-15-6-2-4-8-17(15)22/h2-9,14,22H,10-13H2,1H3/b19-14-. The lowest BCUT2D eigenvalue weighted by molar-refractivity contribution is 0.271. The first-order chi connectivity index (χ1) is 11.3. The lowest BCUT2D eigenvalue weighted by Gasteiger charge is -2.35. The van der Waals surface area contributed by atoms with Crippen molar-refractivity contribution >= 4 is 11.9 Å². The van der Waals surface area contributed by atoms with E-state index >= 15 is 0 Å². The number of rotatable bonds is 4. The fourth-order valence-electron chi connectivity index (χ4n) is 2.68. The van der Waals surface area contributed by atoms with Crippen molar-refractivity contribution in [3.8, 4) is 11.5 Å². The summed E-state index contributed by atoms with van der Waals surface area (Å²) in [5, 5.41) is 16.3. The number of phenolic OH excluding ortho intramolecular Hbond substituents is 1. The fraction of sp³-hybridized carbons (Fsp3) is 0.278. The number of hydrogen-bond acceptors (Lipinski definition) is 5. The molecule has 1 saturated heterocycles. The molecule has 0 unspecified atom stereocenters. The first-order valence-corrected chi connectivity index (χ1v) is 7.73. The van der Waals surface area contributed by atoms with Crippen LogP contribution in [0.15, 0.2) is 53.6 Å². The van der Waals surface area contributed by atoms with Crippen LogP contribution in [0.1, 0.15) is 5.56 Å². The van der Waals surface area contributed by atoms with Gasteiger partial charge in [0.15, 0.2) is 0 Å². The van der Waals surface area contributed by atoms with Crippen LogP contribution in [-0.2, 0) is 0 Å². The number of para-hydroxylation sites is 3. The third-order valence-electron chi connectivity index (χ3n) is 3.98. The maximum absolute atomic E-state index is 9.76. The van der Waals surface area contributed by atoms with Gasteiger partial charge < -0.3 is 14.7 Å². The molecule has 23 heavy (non-hydrogen) atoms. The molecule has 1 heterocycles. The predicted octanol–water partition coefficient (Wildman–Crippen LogP) is 2.56. The molecule has 1 fully saturated rings. The molecule has 120 valence electrons. The topological polar surface area (TPSA) is 48.3 Å². The SMILES string of the molecule is COc1ccccc1N1CCN(/N=C\c2ccccc2O)CC1. The van der Waals surface area contributed by atoms with Crippen molar-refractivity contribution in [1.29, 1.82) is 0 Å². The summed E-state index contributed by atoms with van der Waals surface area (Å²) >= 11 is 0. The van der Waals surface area contributed by atoms with E-state index < -0.39 is 0 Å². The highest BCUT2D eigenvalue weighted by molar-refractivity contribution is 5.83. The zero-order valence-electron chi connectivity index (χ0n) is 13.2. The second kappa shape index (κ2) is 7.05. The molecule has 0 saturated carbocycles. The van der Waals surface area contributed by atoms with Crippen molar-refractivity contribution in [3.05, 3.63) is 54.1 Å². The lowest BCUT2D eigenvalue weighted by Crippen LogP contribution is -2.44.